The number of nitrogens with one attached hydrogen (secondary N) is 4. The van der Waals surface area contributed by atoms with Gasteiger partial charge >= 0.3 is 18.0 Å². The Kier molecular flexibility index (Phi) is 22.7. The quantitative estimate of drug-likeness (QED) is 0.0226. The molecule has 0 aliphatic rings. The molecule has 0 aliphatic carbocycles. The molecule has 0 bridgehead atoms. The molecule has 0 spiro atoms. The number of hydrogen-bond donors (Lipinski definition) is 6. The first-order chi connectivity index (χ1) is 31.2. The highest BCUT2D eigenvalue weighted by Gasteiger charge is 2.30. The van der Waals surface area contributed by atoms with E-state index in [1.54, 1.807) is 60.7 Å². The normalized spacial score (nSPS) is 13.0. The molecule has 0 heterocycles. The maximum Gasteiger partial charge on any atom is 0.326 e. The van der Waals surface area contributed by atoms with Crippen molar-refractivity contribution in [2.24, 2.45) is 5.92 Å². The lowest BCUT2D eigenvalue weighted by molar-refractivity contribution is -0.141. The number of urea groups is 1. The summed E-state index contributed by atoms with van der Waals surface area (Å²) in [5.41, 5.74) is 1.71. The molecule has 19 heteroatoms. The maximum atomic E-state index is 14.0. The SMILES string of the molecule is O=CO[C@@H](CCC(=O)NCCCC(=O)CC[C@H](NC(=O)N[C@@H](CCC(=O)O)OC=O)C(=O)O)CC(=O)C(Cc1ccccc1)NC(=O)C(CC(=O)c1ccc([18F])cc1)Cc1ccccc1. The molecule has 0 aromatic heterocycles. The van der Waals surface area contributed by atoms with Crippen molar-refractivity contribution in [2.45, 2.75) is 101 Å². The highest BCUT2D eigenvalue weighted by molar-refractivity contribution is 5.99. The van der Waals surface area contributed by atoms with Gasteiger partial charge in [0.2, 0.25) is 11.8 Å². The van der Waals surface area contributed by atoms with E-state index in [9.17, 15) is 57.4 Å². The van der Waals surface area contributed by atoms with Gasteiger partial charge in [0.15, 0.2) is 17.8 Å². The summed E-state index contributed by atoms with van der Waals surface area (Å²) in [6.45, 7) is 0.205. The predicted molar refractivity (Wildman–Crippen MR) is 228 cm³/mol. The Morgan fingerprint density at radius 2 is 1.28 bits per heavy atom. The third kappa shape index (κ3) is 20.6. The monoisotopic (exact) mass is 903 g/mol. The fourth-order valence-electron chi connectivity index (χ4n) is 6.61. The van der Waals surface area contributed by atoms with Crippen LogP contribution in [-0.2, 0) is 60.7 Å². The maximum absolute atomic E-state index is 14.0. The summed E-state index contributed by atoms with van der Waals surface area (Å²) in [7, 11) is 0. The van der Waals surface area contributed by atoms with E-state index in [1.165, 1.54) is 12.1 Å². The van der Waals surface area contributed by atoms with Crippen LogP contribution in [0.2, 0.25) is 0 Å². The van der Waals surface area contributed by atoms with Crippen molar-refractivity contribution in [1.82, 2.24) is 21.3 Å². The van der Waals surface area contributed by atoms with Crippen molar-refractivity contribution in [3.63, 3.8) is 0 Å². The van der Waals surface area contributed by atoms with Gasteiger partial charge in [0, 0.05) is 56.6 Å². The van der Waals surface area contributed by atoms with Crippen molar-refractivity contribution in [2.75, 3.05) is 6.54 Å². The topological polar surface area (TPSA) is 278 Å². The molecule has 0 aliphatic heterocycles. The molecule has 65 heavy (non-hydrogen) atoms. The zero-order chi connectivity index (χ0) is 47.6. The molecule has 5 atom stereocenters. The van der Waals surface area contributed by atoms with Crippen LogP contribution in [0.15, 0.2) is 84.9 Å². The molecule has 0 saturated heterocycles. The van der Waals surface area contributed by atoms with Crippen molar-refractivity contribution in [3.8, 4) is 0 Å². The van der Waals surface area contributed by atoms with E-state index in [1.807, 2.05) is 0 Å². The number of aliphatic carboxylic acids is 2. The highest BCUT2D eigenvalue weighted by atomic mass is 18.2. The Hall–Kier alpha value is -7.31. The number of ether oxygens (including phenoxy) is 2. The van der Waals surface area contributed by atoms with Crippen LogP contribution in [0, 0.1) is 11.7 Å². The average Bonchev–Trinajstić information content (AvgIpc) is 3.28. The van der Waals surface area contributed by atoms with E-state index in [0.29, 0.717) is 5.56 Å². The smallest absolute Gasteiger partial charge is 0.326 e. The zero-order valence-electron chi connectivity index (χ0n) is 35.5. The molecule has 0 radical (unpaired) electrons. The molecule has 3 aromatic carbocycles. The number of benzene rings is 3. The molecule has 6 N–H and O–H groups in total. The first-order valence-corrected chi connectivity index (χ1v) is 20.8. The zero-order valence-corrected chi connectivity index (χ0v) is 35.5. The minimum absolute atomic E-state index is 0.00443. The van der Waals surface area contributed by atoms with Crippen molar-refractivity contribution in [1.29, 1.82) is 0 Å². The largest absolute Gasteiger partial charge is 0.481 e. The Bertz CT molecular complexity index is 2070. The van der Waals surface area contributed by atoms with E-state index in [-0.39, 0.29) is 101 Å². The lowest BCUT2D eigenvalue weighted by Gasteiger charge is -2.24. The van der Waals surface area contributed by atoms with Gasteiger partial charge in [0.05, 0.1) is 12.5 Å². The lowest BCUT2D eigenvalue weighted by atomic mass is 9.90. The highest BCUT2D eigenvalue weighted by Crippen LogP contribution is 2.19. The summed E-state index contributed by atoms with van der Waals surface area (Å²) >= 11 is 0. The van der Waals surface area contributed by atoms with Crippen molar-refractivity contribution >= 4 is 60.1 Å². The van der Waals surface area contributed by atoms with Gasteiger partial charge in [-0.3, -0.25) is 38.4 Å². The van der Waals surface area contributed by atoms with Gasteiger partial charge in [-0.2, -0.15) is 0 Å². The Labute approximate surface area is 374 Å². The fourth-order valence-corrected chi connectivity index (χ4v) is 6.61. The molecule has 3 aromatic rings. The van der Waals surface area contributed by atoms with Crippen LogP contribution in [-0.4, -0.2) is 101 Å². The number of carboxylic acids is 2. The second kappa shape index (κ2) is 28.4. The summed E-state index contributed by atoms with van der Waals surface area (Å²) in [6, 6.07) is 19.2. The van der Waals surface area contributed by atoms with Crippen LogP contribution in [0.4, 0.5) is 9.18 Å². The van der Waals surface area contributed by atoms with Crippen LogP contribution in [0.5, 0.6) is 0 Å². The van der Waals surface area contributed by atoms with Gasteiger partial charge in [-0.05, 0) is 67.5 Å². The second-order valence-corrected chi connectivity index (χ2v) is 15.0. The average molecular weight is 904 g/mol. The van der Waals surface area contributed by atoms with E-state index < -0.39 is 83.9 Å². The summed E-state index contributed by atoms with van der Waals surface area (Å²) in [6.07, 6.45) is -4.11. The van der Waals surface area contributed by atoms with E-state index in [2.05, 4.69) is 26.0 Å². The molecule has 0 saturated carbocycles. The number of hydrogen-bond acceptors (Lipinski definition) is 12. The molecule has 18 nitrogen and oxygen atoms in total. The van der Waals surface area contributed by atoms with Gasteiger partial charge in [0.1, 0.15) is 23.7 Å². The Morgan fingerprint density at radius 3 is 1.88 bits per heavy atom. The Balaban J connectivity index is 1.54. The molecule has 348 valence electrons. The lowest BCUT2D eigenvalue weighted by Crippen LogP contribution is -2.49. The number of carbonyl (C=O) groups excluding carboxylic acids is 8. The number of ketones is 3. The second-order valence-electron chi connectivity index (χ2n) is 15.0. The van der Waals surface area contributed by atoms with Crippen LogP contribution >= 0.6 is 0 Å². The van der Waals surface area contributed by atoms with Gasteiger partial charge < -0.3 is 41.0 Å². The van der Waals surface area contributed by atoms with E-state index in [4.69, 9.17) is 9.84 Å². The first kappa shape index (κ1) is 52.0. The van der Waals surface area contributed by atoms with Gasteiger partial charge in [0.25, 0.3) is 12.9 Å². The molecule has 3 rings (SSSR count). The number of carboxylic acid groups (broad SMARTS) is 2. The first-order valence-electron chi connectivity index (χ1n) is 20.8. The number of Topliss-reactive ketones (excluding diaryl/α,β-unsaturated/α-hetero) is 3. The van der Waals surface area contributed by atoms with Crippen LogP contribution < -0.4 is 21.3 Å². The molecular weight excluding hydrogens is 851 g/mol. The summed E-state index contributed by atoms with van der Waals surface area (Å²) in [4.78, 5) is 123. The molecular formula is C46H53FN4O14. The minimum atomic E-state index is -1.51. The third-order valence-electron chi connectivity index (χ3n) is 10.1. The molecule has 2 unspecified atom stereocenters. The summed E-state index contributed by atoms with van der Waals surface area (Å²) < 4.78 is 23.4. The van der Waals surface area contributed by atoms with Gasteiger partial charge in [-0.25, -0.2) is 14.0 Å². The summed E-state index contributed by atoms with van der Waals surface area (Å²) in [5.74, 6) is -6.40. The van der Waals surface area contributed by atoms with Crippen molar-refractivity contribution in [3.05, 3.63) is 107 Å². The van der Waals surface area contributed by atoms with Crippen molar-refractivity contribution < 1.29 is 72.0 Å². The predicted octanol–water partition coefficient (Wildman–Crippen LogP) is 3.63. The molecule has 0 fully saturated rings. The Morgan fingerprint density at radius 1 is 0.646 bits per heavy atom. The van der Waals surface area contributed by atoms with Crippen LogP contribution in [0.1, 0.15) is 85.7 Å². The third-order valence-corrected chi connectivity index (χ3v) is 10.1. The van der Waals surface area contributed by atoms with E-state index in [0.717, 1.165) is 17.7 Å². The number of carbonyl (C=O) groups is 10. The summed E-state index contributed by atoms with van der Waals surface area (Å²) in [5, 5.41) is 28.0. The standard InChI is InChI=1S/C46H53FN4O14/c47-34-15-13-32(14-16-34)39(55)26-33(24-30-8-3-1-4-9-30)44(60)49-38(25-31-10-5-2-6-11-31)40(56)27-36(64-28-52)18-20-41(57)48-23-7-12-35(54)17-19-37(45(61)62)50-46(63)51-42(65-29-53)21-22-43(58)59/h1-6,8-11,13-16,28-29,33,36-38,42H,7,12,17-27H2,(H,48,57)(H,49,60)(H,58,59)(H,61,62)(H2,50,51,63)/t33?,36-,37-,38?,42+/m0/s1/i47-1. The van der Waals surface area contributed by atoms with Crippen LogP contribution in [0.25, 0.3) is 0 Å². The fraction of sp³-hybridized carbons (Fsp3) is 0.391. The number of rotatable bonds is 32. The number of amides is 4. The number of halogens is 1. The minimum Gasteiger partial charge on any atom is -0.481 e. The van der Waals surface area contributed by atoms with Gasteiger partial charge in [-0.15, -0.1) is 0 Å². The van der Waals surface area contributed by atoms with E-state index >= 15 is 0 Å². The van der Waals surface area contributed by atoms with Gasteiger partial charge in [-0.1, -0.05) is 60.7 Å². The van der Waals surface area contributed by atoms with Crippen LogP contribution in [0.3, 0.4) is 0 Å². The molecule has 4 amide bonds.